The molecule has 1 unspecified atom stereocenters. The fraction of sp³-hybridized carbons (Fsp3) is 0.375. The highest BCUT2D eigenvalue weighted by Crippen LogP contribution is 2.39. The van der Waals surface area contributed by atoms with Crippen molar-refractivity contribution < 1.29 is 14.1 Å². The Balaban J connectivity index is 1.83. The lowest BCUT2D eigenvalue weighted by Crippen LogP contribution is -2.34. The molecular formula is C16H17FN4O3S. The molecule has 9 heteroatoms. The minimum Gasteiger partial charge on any atom is -0.324 e. The zero-order valence-corrected chi connectivity index (χ0v) is 14.6. The third-order valence-corrected chi connectivity index (χ3v) is 5.44. The van der Waals surface area contributed by atoms with Gasteiger partial charge in [0.1, 0.15) is 29.1 Å². The van der Waals surface area contributed by atoms with Gasteiger partial charge in [-0.3, -0.25) is 19.6 Å². The quantitative estimate of drug-likeness (QED) is 0.615. The Morgan fingerprint density at radius 2 is 2.16 bits per heavy atom. The first-order valence-corrected chi connectivity index (χ1v) is 8.79. The number of thioether (sulfide) groups is 1. The molecule has 2 heterocycles. The van der Waals surface area contributed by atoms with Crippen molar-refractivity contribution in [1.29, 1.82) is 0 Å². The number of benzene rings is 1. The lowest BCUT2D eigenvalue weighted by molar-refractivity contribution is -0.386. The molecule has 25 heavy (non-hydrogen) atoms. The largest absolute Gasteiger partial charge is 0.324 e. The second kappa shape index (κ2) is 6.83. The van der Waals surface area contributed by atoms with Crippen LogP contribution in [0.1, 0.15) is 22.3 Å². The lowest BCUT2D eigenvalue weighted by atomic mass is 10.2. The monoisotopic (exact) mass is 364 g/mol. The minimum atomic E-state index is -0.494. The molecule has 0 saturated carbocycles. The number of hydrogen-bond acceptors (Lipinski definition) is 5. The summed E-state index contributed by atoms with van der Waals surface area (Å²) in [5, 5.41) is 14.8. The van der Waals surface area contributed by atoms with Gasteiger partial charge in [0.25, 0.3) is 0 Å². The van der Waals surface area contributed by atoms with Gasteiger partial charge in [-0.1, -0.05) is 18.2 Å². The van der Waals surface area contributed by atoms with Crippen LogP contribution in [0.15, 0.2) is 24.3 Å². The number of hydrogen-bond donors (Lipinski definition) is 0. The molecule has 1 aromatic heterocycles. The number of halogens is 1. The van der Waals surface area contributed by atoms with Crippen molar-refractivity contribution in [2.24, 2.45) is 0 Å². The average molecular weight is 364 g/mol. The number of rotatable bonds is 4. The summed E-state index contributed by atoms with van der Waals surface area (Å²) < 4.78 is 15.4. The van der Waals surface area contributed by atoms with Crippen molar-refractivity contribution in [2.75, 3.05) is 12.3 Å². The number of aromatic nitrogens is 2. The van der Waals surface area contributed by atoms with Crippen LogP contribution in [-0.2, 0) is 11.3 Å². The van der Waals surface area contributed by atoms with E-state index >= 15 is 0 Å². The van der Waals surface area contributed by atoms with E-state index in [0.29, 0.717) is 23.6 Å². The molecule has 1 aromatic carbocycles. The molecule has 7 nitrogen and oxygen atoms in total. The van der Waals surface area contributed by atoms with Crippen molar-refractivity contribution in [2.45, 2.75) is 25.8 Å². The summed E-state index contributed by atoms with van der Waals surface area (Å²) in [6.45, 7) is 3.51. The summed E-state index contributed by atoms with van der Waals surface area (Å²) in [4.78, 5) is 24.9. The second-order valence-corrected chi connectivity index (χ2v) is 6.95. The average Bonchev–Trinajstić information content (AvgIpc) is 3.13. The number of aryl methyl sites for hydroxylation is 1. The predicted octanol–water partition coefficient (Wildman–Crippen LogP) is 2.82. The van der Waals surface area contributed by atoms with Gasteiger partial charge in [0.15, 0.2) is 0 Å². The highest BCUT2D eigenvalue weighted by Gasteiger charge is 2.33. The minimum absolute atomic E-state index is 0.0748. The Labute approximate surface area is 148 Å². The summed E-state index contributed by atoms with van der Waals surface area (Å²) in [6.07, 6.45) is 0. The maximum absolute atomic E-state index is 14.1. The van der Waals surface area contributed by atoms with Crippen molar-refractivity contribution in [1.82, 2.24) is 14.7 Å². The highest BCUT2D eigenvalue weighted by molar-refractivity contribution is 7.99. The molecule has 132 valence electrons. The molecule has 1 atom stereocenters. The zero-order valence-electron chi connectivity index (χ0n) is 13.8. The van der Waals surface area contributed by atoms with Crippen molar-refractivity contribution in [3.8, 4) is 0 Å². The van der Waals surface area contributed by atoms with E-state index in [4.69, 9.17) is 0 Å². The standard InChI is InChI=1S/C16H17FN4O3S/c1-10-15(21(23)24)11(2)20(18-10)9-14(22)19-7-8-25-16(19)12-5-3-4-6-13(12)17/h3-6,16H,7-9H2,1-2H3. The van der Waals surface area contributed by atoms with Crippen LogP contribution < -0.4 is 0 Å². The summed E-state index contributed by atoms with van der Waals surface area (Å²) >= 11 is 1.50. The van der Waals surface area contributed by atoms with E-state index in [9.17, 15) is 19.3 Å². The number of amides is 1. The first kappa shape index (κ1) is 17.4. The topological polar surface area (TPSA) is 81.3 Å². The molecule has 1 aliphatic rings. The zero-order chi connectivity index (χ0) is 18.1. The molecule has 0 aliphatic carbocycles. The Morgan fingerprint density at radius 1 is 1.44 bits per heavy atom. The number of nitrogens with zero attached hydrogens (tertiary/aromatic N) is 4. The van der Waals surface area contributed by atoms with E-state index in [2.05, 4.69) is 5.10 Å². The Kier molecular flexibility index (Phi) is 4.76. The maximum atomic E-state index is 14.1. The van der Waals surface area contributed by atoms with Gasteiger partial charge in [-0.15, -0.1) is 11.8 Å². The predicted molar refractivity (Wildman–Crippen MR) is 91.7 cm³/mol. The van der Waals surface area contributed by atoms with Gasteiger partial charge in [-0.25, -0.2) is 4.39 Å². The summed E-state index contributed by atoms with van der Waals surface area (Å²) in [6, 6.07) is 6.40. The van der Waals surface area contributed by atoms with E-state index in [1.54, 1.807) is 36.9 Å². The van der Waals surface area contributed by atoms with Gasteiger partial charge in [0.05, 0.1) is 4.92 Å². The van der Waals surface area contributed by atoms with E-state index in [0.717, 1.165) is 0 Å². The van der Waals surface area contributed by atoms with E-state index < -0.39 is 4.92 Å². The SMILES string of the molecule is Cc1nn(CC(=O)N2CCSC2c2ccccc2F)c(C)c1[N+](=O)[O-]. The molecular weight excluding hydrogens is 347 g/mol. The van der Waals surface area contributed by atoms with Crippen LogP contribution in [0, 0.1) is 29.8 Å². The maximum Gasteiger partial charge on any atom is 0.312 e. The van der Waals surface area contributed by atoms with Crippen LogP contribution in [0.3, 0.4) is 0 Å². The van der Waals surface area contributed by atoms with Gasteiger partial charge in [-0.05, 0) is 19.9 Å². The van der Waals surface area contributed by atoms with Crippen LogP contribution in [0.5, 0.6) is 0 Å². The van der Waals surface area contributed by atoms with E-state index in [1.165, 1.54) is 22.5 Å². The van der Waals surface area contributed by atoms with E-state index in [-0.39, 0.29) is 35.0 Å². The van der Waals surface area contributed by atoms with Gasteiger partial charge in [0, 0.05) is 17.9 Å². The normalized spacial score (nSPS) is 17.1. The molecule has 0 bridgehead atoms. The molecule has 1 aliphatic heterocycles. The smallest absolute Gasteiger partial charge is 0.312 e. The second-order valence-electron chi connectivity index (χ2n) is 5.77. The molecule has 1 amide bonds. The molecule has 0 spiro atoms. The molecule has 2 aromatic rings. The van der Waals surface area contributed by atoms with Crippen LogP contribution >= 0.6 is 11.8 Å². The molecule has 1 saturated heterocycles. The summed E-state index contributed by atoms with van der Waals surface area (Å²) in [7, 11) is 0. The van der Waals surface area contributed by atoms with Crippen LogP contribution in [0.25, 0.3) is 0 Å². The van der Waals surface area contributed by atoms with Gasteiger partial charge >= 0.3 is 5.69 Å². The van der Waals surface area contributed by atoms with Crippen molar-refractivity contribution >= 4 is 23.4 Å². The van der Waals surface area contributed by atoms with Crippen molar-refractivity contribution in [3.63, 3.8) is 0 Å². The fourth-order valence-electron chi connectivity index (χ4n) is 2.98. The van der Waals surface area contributed by atoms with Crippen molar-refractivity contribution in [3.05, 3.63) is 57.1 Å². The van der Waals surface area contributed by atoms with Gasteiger partial charge in [-0.2, -0.15) is 5.10 Å². The number of nitro groups is 1. The highest BCUT2D eigenvalue weighted by atomic mass is 32.2. The van der Waals surface area contributed by atoms with Crippen LogP contribution in [-0.4, -0.2) is 37.8 Å². The molecule has 0 N–H and O–H groups in total. The number of carbonyl (C=O) groups excluding carboxylic acids is 1. The fourth-order valence-corrected chi connectivity index (χ4v) is 4.28. The van der Waals surface area contributed by atoms with Crippen LogP contribution in [0.2, 0.25) is 0 Å². The molecule has 1 fully saturated rings. The van der Waals surface area contributed by atoms with Gasteiger partial charge in [0.2, 0.25) is 5.91 Å². The summed E-state index contributed by atoms with van der Waals surface area (Å²) in [5.74, 6) is 0.127. The first-order chi connectivity index (χ1) is 11.9. The third-order valence-electron chi connectivity index (χ3n) is 4.19. The number of carbonyl (C=O) groups is 1. The van der Waals surface area contributed by atoms with E-state index in [1.807, 2.05) is 0 Å². The third kappa shape index (κ3) is 3.23. The summed E-state index contributed by atoms with van der Waals surface area (Å²) in [5.41, 5.74) is 1.01. The lowest BCUT2D eigenvalue weighted by Gasteiger charge is -2.24. The Bertz CT molecular complexity index is 839. The molecule has 3 rings (SSSR count). The van der Waals surface area contributed by atoms with Crippen LogP contribution in [0.4, 0.5) is 10.1 Å². The first-order valence-electron chi connectivity index (χ1n) is 7.74. The van der Waals surface area contributed by atoms with Gasteiger partial charge < -0.3 is 4.90 Å². The Hall–Kier alpha value is -2.42. The Morgan fingerprint density at radius 3 is 2.80 bits per heavy atom. The molecule has 0 radical (unpaired) electrons.